The van der Waals surface area contributed by atoms with Crippen molar-refractivity contribution in [2.45, 2.75) is 82.1 Å². The number of nitrogens with two attached hydrogens (primary N) is 1. The average Bonchev–Trinajstić information content (AvgIpc) is 3.41. The van der Waals surface area contributed by atoms with Crippen LogP contribution in [-0.2, 0) is 4.79 Å². The summed E-state index contributed by atoms with van der Waals surface area (Å²) in [6.07, 6.45) is 8.80. The fourth-order valence-electron chi connectivity index (χ4n) is 7.64. The van der Waals surface area contributed by atoms with E-state index in [1.165, 1.54) is 12.5 Å². The van der Waals surface area contributed by atoms with E-state index >= 15 is 0 Å². The first-order chi connectivity index (χ1) is 15.6. The summed E-state index contributed by atoms with van der Waals surface area (Å²) in [5.74, 6) is 0.658. The summed E-state index contributed by atoms with van der Waals surface area (Å²) in [7, 11) is 0. The number of carbonyl (C=O) groups is 2. The maximum absolute atomic E-state index is 13.1. The smallest absolute Gasteiger partial charge is 0.337 e. The zero-order chi connectivity index (χ0) is 23.5. The number of piperidine rings is 1. The number of likely N-dealkylation sites (tertiary alicyclic amines) is 1. The van der Waals surface area contributed by atoms with E-state index in [0.717, 1.165) is 38.5 Å². The van der Waals surface area contributed by atoms with Gasteiger partial charge in [0.1, 0.15) is 0 Å². The van der Waals surface area contributed by atoms with Crippen LogP contribution in [0.2, 0.25) is 0 Å². The molecule has 4 bridgehead atoms. The maximum Gasteiger partial charge on any atom is 0.337 e. The SMILES string of the molecule is Cc1ncccc1C(=O)O.[C-]#[N+][C@@H]1C[C@@H]2C[C@@H]2N1C(=O)C(N)C12CC3CC(CC(O)(C3)C1)C2. The van der Waals surface area contributed by atoms with Gasteiger partial charge in [-0.3, -0.25) is 19.5 Å². The second-order valence-corrected chi connectivity index (χ2v) is 11.1. The first-order valence-corrected chi connectivity index (χ1v) is 12.0. The minimum absolute atomic E-state index is 0.0125. The van der Waals surface area contributed by atoms with Gasteiger partial charge in [-0.1, -0.05) is 0 Å². The molecule has 176 valence electrons. The largest absolute Gasteiger partial charge is 0.478 e. The molecule has 1 aromatic rings. The number of pyridine rings is 1. The molecule has 6 aliphatic rings. The van der Waals surface area contributed by atoms with Crippen LogP contribution in [0.1, 0.15) is 67.4 Å². The fourth-order valence-corrected chi connectivity index (χ4v) is 7.64. The third kappa shape index (κ3) is 3.81. The molecule has 5 saturated carbocycles. The second kappa shape index (κ2) is 7.78. The molecule has 33 heavy (non-hydrogen) atoms. The van der Waals surface area contributed by atoms with Gasteiger partial charge in [-0.2, -0.15) is 0 Å². The number of hydrogen-bond donors (Lipinski definition) is 3. The van der Waals surface area contributed by atoms with Crippen LogP contribution in [0.3, 0.4) is 0 Å². The number of fused-ring (bicyclic) bond motifs is 1. The number of carboxylic acids is 1. The van der Waals surface area contributed by atoms with Gasteiger partial charge < -0.3 is 15.9 Å². The molecule has 2 heterocycles. The number of aryl methyl sites for hydroxylation is 1. The van der Waals surface area contributed by atoms with Crippen molar-refractivity contribution in [2.24, 2.45) is 28.9 Å². The van der Waals surface area contributed by atoms with Crippen LogP contribution in [0.4, 0.5) is 0 Å². The van der Waals surface area contributed by atoms with E-state index in [4.69, 9.17) is 17.4 Å². The van der Waals surface area contributed by atoms with Crippen LogP contribution in [0.15, 0.2) is 18.3 Å². The number of carbonyl (C=O) groups excluding carboxylic acids is 1. The van der Waals surface area contributed by atoms with E-state index in [1.807, 2.05) is 4.90 Å². The van der Waals surface area contributed by atoms with Gasteiger partial charge in [0.25, 0.3) is 0 Å². The standard InChI is InChI=1S/C18H25N3O2.C7H7NO2/c1-20-14-4-12-3-13(12)21(14)16(22)15(19)17-5-10-2-11(6-17)8-18(23,7-10)9-17;1-5-6(7(9)10)3-2-4-8-5/h10-15,23H,2-9,19H2;2-4H,1H3,(H,9,10)/t10?,11?,12-,13-,14-,15?,17?,18?;/m0./s1. The Labute approximate surface area is 194 Å². The third-order valence-electron chi connectivity index (χ3n) is 8.72. The summed E-state index contributed by atoms with van der Waals surface area (Å²) < 4.78 is 0. The molecular formula is C25H32N4O4. The minimum atomic E-state index is -0.925. The summed E-state index contributed by atoms with van der Waals surface area (Å²) in [4.78, 5) is 32.8. The summed E-state index contributed by atoms with van der Waals surface area (Å²) in [6, 6.07) is 2.87. The van der Waals surface area contributed by atoms with Crippen LogP contribution in [0.5, 0.6) is 0 Å². The van der Waals surface area contributed by atoms with Crippen LogP contribution in [0.25, 0.3) is 4.85 Å². The molecule has 6 atom stereocenters. The monoisotopic (exact) mass is 452 g/mol. The van der Waals surface area contributed by atoms with E-state index in [2.05, 4.69) is 9.83 Å². The van der Waals surface area contributed by atoms with Crippen molar-refractivity contribution < 1.29 is 19.8 Å². The topological polar surface area (TPSA) is 121 Å². The van der Waals surface area contributed by atoms with E-state index in [0.29, 0.717) is 29.9 Å². The molecule has 0 spiro atoms. The predicted molar refractivity (Wildman–Crippen MR) is 120 cm³/mol. The molecule has 0 radical (unpaired) electrons. The zero-order valence-electron chi connectivity index (χ0n) is 19.0. The van der Waals surface area contributed by atoms with Gasteiger partial charge in [0.15, 0.2) is 0 Å². The van der Waals surface area contributed by atoms with Gasteiger partial charge in [-0.25, -0.2) is 11.4 Å². The molecule has 1 amide bonds. The van der Waals surface area contributed by atoms with Crippen molar-refractivity contribution in [3.8, 4) is 0 Å². The van der Waals surface area contributed by atoms with Gasteiger partial charge in [0.2, 0.25) is 5.91 Å². The minimum Gasteiger partial charge on any atom is -0.478 e. The number of aromatic nitrogens is 1. The van der Waals surface area contributed by atoms with Crippen molar-refractivity contribution in [1.82, 2.24) is 9.88 Å². The predicted octanol–water partition coefficient (Wildman–Crippen LogP) is 2.60. The number of aliphatic hydroxyl groups is 1. The Bertz CT molecular complexity index is 1010. The molecule has 8 nitrogen and oxygen atoms in total. The number of aromatic carboxylic acids is 1. The Kier molecular flexibility index (Phi) is 5.26. The van der Waals surface area contributed by atoms with Crippen molar-refractivity contribution in [3.05, 3.63) is 41.0 Å². The number of hydrogen-bond acceptors (Lipinski definition) is 5. The highest BCUT2D eigenvalue weighted by molar-refractivity contribution is 5.88. The highest BCUT2D eigenvalue weighted by Crippen LogP contribution is 2.63. The lowest BCUT2D eigenvalue weighted by molar-refractivity contribution is -0.177. The van der Waals surface area contributed by atoms with E-state index in [1.54, 1.807) is 19.2 Å². The van der Waals surface area contributed by atoms with E-state index in [-0.39, 0.29) is 29.1 Å². The maximum atomic E-state index is 13.1. The molecule has 6 fully saturated rings. The number of rotatable bonds is 3. The Balaban J connectivity index is 0.000000193. The first-order valence-electron chi connectivity index (χ1n) is 12.0. The second-order valence-electron chi connectivity index (χ2n) is 11.1. The highest BCUT2D eigenvalue weighted by atomic mass is 16.4. The van der Waals surface area contributed by atoms with Crippen molar-refractivity contribution in [2.75, 3.05) is 0 Å². The Hall–Kier alpha value is -2.50. The lowest BCUT2D eigenvalue weighted by Crippen LogP contribution is -2.64. The molecule has 3 unspecified atom stereocenters. The van der Waals surface area contributed by atoms with Gasteiger partial charge in [-0.05, 0) is 87.2 Å². The number of nitrogens with zero attached hydrogens (tertiary/aromatic N) is 3. The van der Waals surface area contributed by atoms with Gasteiger partial charge >= 0.3 is 12.1 Å². The van der Waals surface area contributed by atoms with Gasteiger partial charge in [0, 0.05) is 18.7 Å². The molecule has 1 aromatic heterocycles. The van der Waals surface area contributed by atoms with Crippen LogP contribution in [0, 0.1) is 36.7 Å². The normalized spacial score (nSPS) is 40.3. The molecule has 5 aliphatic carbocycles. The van der Waals surface area contributed by atoms with Crippen LogP contribution < -0.4 is 5.73 Å². The first kappa shape index (κ1) is 22.3. The third-order valence-corrected chi connectivity index (χ3v) is 8.72. The number of amides is 1. The van der Waals surface area contributed by atoms with E-state index < -0.39 is 17.6 Å². The lowest BCUT2D eigenvalue weighted by Gasteiger charge is -2.61. The van der Waals surface area contributed by atoms with Crippen LogP contribution >= 0.6 is 0 Å². The molecule has 4 N–H and O–H groups in total. The molecule has 1 saturated heterocycles. The Morgan fingerprint density at radius 3 is 2.48 bits per heavy atom. The molecular weight excluding hydrogens is 420 g/mol. The highest BCUT2D eigenvalue weighted by Gasteiger charge is 2.63. The summed E-state index contributed by atoms with van der Waals surface area (Å²) >= 11 is 0. The van der Waals surface area contributed by atoms with Gasteiger partial charge in [-0.15, -0.1) is 0 Å². The molecule has 8 heteroatoms. The van der Waals surface area contributed by atoms with Gasteiger partial charge in [0.05, 0.1) is 22.9 Å². The lowest BCUT2D eigenvalue weighted by atomic mass is 9.46. The fraction of sp³-hybridized carbons (Fsp3) is 0.680. The zero-order valence-corrected chi connectivity index (χ0v) is 19.0. The average molecular weight is 453 g/mol. The van der Waals surface area contributed by atoms with Crippen molar-refractivity contribution >= 4 is 11.9 Å². The van der Waals surface area contributed by atoms with Crippen molar-refractivity contribution in [1.29, 1.82) is 0 Å². The molecule has 1 aliphatic heterocycles. The molecule has 7 rings (SSSR count). The van der Waals surface area contributed by atoms with E-state index in [9.17, 15) is 14.7 Å². The summed E-state index contributed by atoms with van der Waals surface area (Å²) in [6.45, 7) is 9.05. The summed E-state index contributed by atoms with van der Waals surface area (Å²) in [5.41, 5.74) is 6.55. The number of carboxylic acid groups (broad SMARTS) is 1. The van der Waals surface area contributed by atoms with Crippen molar-refractivity contribution in [3.63, 3.8) is 0 Å². The Morgan fingerprint density at radius 2 is 1.94 bits per heavy atom. The Morgan fingerprint density at radius 1 is 1.24 bits per heavy atom. The summed E-state index contributed by atoms with van der Waals surface area (Å²) in [5, 5.41) is 19.4. The quantitative estimate of drug-likeness (QED) is 0.606. The van der Waals surface area contributed by atoms with Crippen LogP contribution in [-0.4, -0.2) is 55.8 Å². The molecule has 0 aromatic carbocycles.